The van der Waals surface area contributed by atoms with Crippen molar-refractivity contribution in [1.29, 1.82) is 0 Å². The maximum Gasteiger partial charge on any atom is 0.332 e. The van der Waals surface area contributed by atoms with E-state index in [1.54, 1.807) is 43.6 Å². The molecule has 9 N–H and O–H groups in total. The average Bonchev–Trinajstić information content (AvgIpc) is 1.50. The second kappa shape index (κ2) is 46.5. The van der Waals surface area contributed by atoms with E-state index in [1.807, 2.05) is 75.4 Å². The van der Waals surface area contributed by atoms with E-state index < -0.39 is 55.0 Å². The fourth-order valence-corrected chi connectivity index (χ4v) is 11.6. The van der Waals surface area contributed by atoms with E-state index >= 15 is 0 Å². The molecule has 3 fully saturated rings. The minimum Gasteiger partial charge on any atom is -0.496 e. The van der Waals surface area contributed by atoms with Crippen LogP contribution >= 0.6 is 63.7 Å². The Morgan fingerprint density at radius 2 is 1.02 bits per heavy atom. The van der Waals surface area contributed by atoms with Crippen molar-refractivity contribution in [2.24, 2.45) is 0 Å². The minimum absolute atomic E-state index is 0. The number of hydrogen-bond donors (Lipinski definition) is 7. The van der Waals surface area contributed by atoms with Gasteiger partial charge in [-0.2, -0.15) is 40.5 Å². The van der Waals surface area contributed by atoms with Crippen LogP contribution in [-0.4, -0.2) is 148 Å². The molecule has 7 heterocycles. The zero-order valence-electron chi connectivity index (χ0n) is 58.7. The van der Waals surface area contributed by atoms with Gasteiger partial charge in [-0.05, 0) is 102 Å². The smallest absolute Gasteiger partial charge is 0.332 e. The van der Waals surface area contributed by atoms with Crippen molar-refractivity contribution < 1.29 is 72.3 Å². The van der Waals surface area contributed by atoms with Crippen LogP contribution < -0.4 is 36.3 Å². The van der Waals surface area contributed by atoms with Crippen LogP contribution in [0.15, 0.2) is 117 Å². The predicted octanol–water partition coefficient (Wildman–Crippen LogP) is 14.4. The van der Waals surface area contributed by atoms with Gasteiger partial charge in [-0.3, -0.25) is 43.7 Å². The Morgan fingerprint density at radius 3 is 1.40 bits per heavy atom. The SMILES string of the molecule is C.C.C.C=CC[C@]1(C(=O)O)CCC(=O)N1.C=CC[C@]1(C(=O)OCC(=O)c2cc3ccc(C)nc3cc2OC)CCC(=O)N1.C=CC[C@]1(c2ncc(-c3cc4ccc(C)nc4cc3OC)[nH]2)CCC(=O)N1.CC(=O)O.COc1cc2nc(C)ccc2cc1C(=O)CCl.C[Si](C)(C)CCOCCl.N.S.S.S. The van der Waals surface area contributed by atoms with Gasteiger partial charge in [0, 0.05) is 97.9 Å². The van der Waals surface area contributed by atoms with Gasteiger partial charge < -0.3 is 61.0 Å². The van der Waals surface area contributed by atoms with E-state index in [2.05, 4.69) is 80.2 Å². The number of aromatic amines is 1. The van der Waals surface area contributed by atoms with Gasteiger partial charge in [0.2, 0.25) is 23.5 Å². The number of pyridine rings is 3. The van der Waals surface area contributed by atoms with Crippen LogP contribution in [0.25, 0.3) is 44.0 Å². The molecule has 30 heteroatoms. The topological polar surface area (TPSA) is 362 Å². The van der Waals surface area contributed by atoms with Gasteiger partial charge in [-0.25, -0.2) is 14.6 Å². The van der Waals surface area contributed by atoms with Crippen LogP contribution in [-0.2, 0) is 43.8 Å². The summed E-state index contributed by atoms with van der Waals surface area (Å²) < 4.78 is 26.4. The summed E-state index contributed by atoms with van der Waals surface area (Å²) in [4.78, 5) is 112. The Labute approximate surface area is 643 Å². The zero-order valence-corrected chi connectivity index (χ0v) is 64.2. The second-order valence-corrected chi connectivity index (χ2v) is 30.4. The lowest BCUT2D eigenvalue weighted by molar-refractivity contribution is -0.150. The fourth-order valence-electron chi connectivity index (χ4n) is 10.6. The van der Waals surface area contributed by atoms with E-state index in [-0.39, 0.29) is 118 Å². The largest absolute Gasteiger partial charge is 0.496 e. The number of fused-ring (bicyclic) bond motifs is 3. The van der Waals surface area contributed by atoms with Crippen molar-refractivity contribution in [1.82, 2.24) is 47.0 Å². The number of imidazole rings is 1. The molecule has 0 unspecified atom stereocenters. The molecular formula is C74H107Cl2N9O15S3Si. The molecule has 10 rings (SSSR count). The van der Waals surface area contributed by atoms with Gasteiger partial charge in [-0.1, -0.05) is 89.9 Å². The molecule has 0 saturated carbocycles. The number of H-pyrrole nitrogens is 1. The number of carbonyl (C=O) groups excluding carboxylic acids is 6. The summed E-state index contributed by atoms with van der Waals surface area (Å²) in [5.41, 5.74) is 4.98. The molecule has 0 spiro atoms. The number of ether oxygens (including phenoxy) is 5. The van der Waals surface area contributed by atoms with E-state index in [4.69, 9.17) is 61.9 Å². The minimum atomic E-state index is -1.14. The number of Topliss-reactive ketones (excluding diaryl/α,β-unsaturated/α-hetero) is 2. The zero-order chi connectivity index (χ0) is 71.8. The lowest BCUT2D eigenvalue weighted by Gasteiger charge is -2.25. The Hall–Kier alpha value is -8.35. The van der Waals surface area contributed by atoms with Crippen molar-refractivity contribution in [2.75, 3.05) is 46.5 Å². The molecule has 7 aromatic rings. The number of esters is 1. The Kier molecular flexibility index (Phi) is 44.6. The quantitative estimate of drug-likeness (QED) is 0.00827. The molecule has 574 valence electrons. The number of nitrogens with zero attached hydrogens (tertiary/aromatic N) is 4. The number of aliphatic carboxylic acids is 2. The van der Waals surface area contributed by atoms with Crippen LogP contribution in [0.2, 0.25) is 25.7 Å². The number of amides is 3. The molecule has 3 atom stereocenters. The standard InChI is InChI=1S/C21H22N4O2.C21H22N2O5.C13H12ClNO2.C8H11NO3.C6H15ClOSi.C2H4O2.3CH4.H3N.3H2S/c1-4-8-21(9-7-19(26)25-21)20-22-12-17(24-20)15-10-14-6-5-13(2)23-16(14)11-18(15)27-3;1-4-8-21(9-7-19(25)23-21)20(26)28-12-17(24)15-10-14-6-5-13(2)22-16(14)11-18(15)27-3;1-8-3-4-9-5-10(12(16)7-14)13(17-2)6-11(9)15-8;1-2-4-8(7(11)12)5-3-6(10)9-8;1-9(2,3)5-4-8-6-7;1-2(3)4;;;;;;;/h4-6,10-12H,1,7-9H2,2-3H3,(H,22,24)(H,25,26);4-6,10-11H,1,7-9,12H2,2-3H3,(H,23,25);3-6H,7H2,1-2H3;2H,1,3-5H2,(H,9,10)(H,11,12);4-6H2,1-3H3;1H3,(H,3,4);3*1H4;1H3;3*1H2/t2*21-;;8-;;;;;;;;;/m11.1........./s1. The van der Waals surface area contributed by atoms with Crippen LogP contribution in [0.5, 0.6) is 17.2 Å². The average molecular weight is 1560 g/mol. The highest BCUT2D eigenvalue weighted by Crippen LogP contribution is 2.38. The molecule has 3 aliphatic rings. The van der Waals surface area contributed by atoms with Crippen LogP contribution in [0.3, 0.4) is 0 Å². The van der Waals surface area contributed by atoms with Crippen molar-refractivity contribution >= 4 is 152 Å². The van der Waals surface area contributed by atoms with Gasteiger partial charge in [0.05, 0.1) is 66.8 Å². The summed E-state index contributed by atoms with van der Waals surface area (Å²) in [7, 11) is 3.76. The number of alkyl halides is 2. The van der Waals surface area contributed by atoms with Crippen LogP contribution in [0, 0.1) is 20.8 Å². The summed E-state index contributed by atoms with van der Waals surface area (Å²) in [6.45, 7) is 25.1. The number of ketones is 2. The number of carboxylic acid groups (broad SMARTS) is 2. The predicted molar refractivity (Wildman–Crippen MR) is 433 cm³/mol. The number of benzene rings is 3. The van der Waals surface area contributed by atoms with Crippen molar-refractivity contribution in [3.05, 3.63) is 151 Å². The number of hydrogen-bond acceptors (Lipinski definition) is 18. The first-order valence-electron chi connectivity index (χ1n) is 31.0. The Bertz CT molecular complexity index is 4070. The number of aromatic nitrogens is 5. The van der Waals surface area contributed by atoms with E-state index in [0.29, 0.717) is 72.7 Å². The van der Waals surface area contributed by atoms with Gasteiger partial charge in [0.25, 0.3) is 5.97 Å². The maximum absolute atomic E-state index is 12.7. The lowest BCUT2D eigenvalue weighted by Crippen LogP contribution is -2.49. The molecule has 3 aliphatic heterocycles. The molecule has 0 bridgehead atoms. The third-order valence-corrected chi connectivity index (χ3v) is 17.8. The van der Waals surface area contributed by atoms with Crippen molar-refractivity contribution in [2.45, 2.75) is 150 Å². The third-order valence-electron chi connectivity index (χ3n) is 15.6. The van der Waals surface area contributed by atoms with Gasteiger partial charge in [-0.15, -0.1) is 31.3 Å². The normalized spacial score (nSPS) is 16.2. The summed E-state index contributed by atoms with van der Waals surface area (Å²) >= 11 is 10.9. The number of carboxylic acids is 2. The molecule has 3 aromatic carbocycles. The molecular weight excluding hydrogens is 1450 g/mol. The van der Waals surface area contributed by atoms with E-state index in [1.165, 1.54) is 26.3 Å². The number of methoxy groups -OCH3 is 3. The van der Waals surface area contributed by atoms with E-state index in [9.17, 15) is 33.6 Å². The molecule has 3 saturated heterocycles. The number of nitrogens with one attached hydrogen (secondary N) is 4. The first kappa shape index (κ1) is 99.8. The van der Waals surface area contributed by atoms with Crippen molar-refractivity contribution in [3.63, 3.8) is 0 Å². The Balaban J connectivity index is -0.00000125. The maximum atomic E-state index is 12.7. The molecule has 4 aromatic heterocycles. The highest BCUT2D eigenvalue weighted by atomic mass is 35.5. The highest BCUT2D eigenvalue weighted by Gasteiger charge is 2.46. The number of halogens is 2. The van der Waals surface area contributed by atoms with Crippen LogP contribution in [0.4, 0.5) is 0 Å². The molecule has 3 amide bonds. The first-order valence-corrected chi connectivity index (χ1v) is 35.8. The molecule has 104 heavy (non-hydrogen) atoms. The number of rotatable bonds is 22. The van der Waals surface area contributed by atoms with Gasteiger partial charge >= 0.3 is 11.9 Å². The summed E-state index contributed by atoms with van der Waals surface area (Å²) in [5, 5.41) is 27.2. The summed E-state index contributed by atoms with van der Waals surface area (Å²) in [6, 6.07) is 24.0. The summed E-state index contributed by atoms with van der Waals surface area (Å²) in [5.74, 6) is -1.07. The monoisotopic (exact) mass is 1560 g/mol. The first-order chi connectivity index (χ1) is 46.0. The summed E-state index contributed by atoms with van der Waals surface area (Å²) in [6.07, 6.45) is 10.2. The van der Waals surface area contributed by atoms with Gasteiger partial charge in [0.1, 0.15) is 45.8 Å². The highest BCUT2D eigenvalue weighted by molar-refractivity contribution is 7.59. The second-order valence-electron chi connectivity index (χ2n) is 24.3. The fraction of sp³-hybridized carbons (Fsp3) is 0.405. The number of carbonyl (C=O) groups is 8. The Morgan fingerprint density at radius 1 is 0.606 bits per heavy atom. The molecule has 24 nitrogen and oxygen atoms in total. The molecule has 0 radical (unpaired) electrons. The number of aryl methyl sites for hydroxylation is 3. The van der Waals surface area contributed by atoms with E-state index in [0.717, 1.165) is 80.6 Å². The molecule has 0 aliphatic carbocycles. The van der Waals surface area contributed by atoms with Gasteiger partial charge in [0.15, 0.2) is 12.4 Å². The lowest BCUT2D eigenvalue weighted by atomic mass is 9.92. The van der Waals surface area contributed by atoms with Crippen molar-refractivity contribution in [3.8, 4) is 28.5 Å². The van der Waals surface area contributed by atoms with Crippen LogP contribution in [0.1, 0.15) is 131 Å². The third kappa shape index (κ3) is 27.9.